The number of hydrogen-bond donors (Lipinski definition) is 1. The van der Waals surface area contributed by atoms with E-state index in [2.05, 4.69) is 34.1 Å². The number of carboxylic acid groups (broad SMARTS) is 1. The summed E-state index contributed by atoms with van der Waals surface area (Å²) in [7, 11) is 0. The second-order valence-electron chi connectivity index (χ2n) is 7.74. The largest absolute Gasteiger partial charge is 0.478 e. The molecule has 1 aliphatic carbocycles. The van der Waals surface area contributed by atoms with Gasteiger partial charge in [0.15, 0.2) is 0 Å². The van der Waals surface area contributed by atoms with Gasteiger partial charge in [0.05, 0.1) is 5.56 Å². The second kappa shape index (κ2) is 10.9. The molecule has 0 aromatic heterocycles. The van der Waals surface area contributed by atoms with Crippen LogP contribution < -0.4 is 4.90 Å². The van der Waals surface area contributed by atoms with Crippen LogP contribution in [0.15, 0.2) is 48.5 Å². The number of nitrogens with zero attached hydrogens (tertiary/aromatic N) is 2. The zero-order valence-electron chi connectivity index (χ0n) is 16.6. The van der Waals surface area contributed by atoms with Crippen molar-refractivity contribution < 1.29 is 9.90 Å². The molecule has 0 unspecified atom stereocenters. The Bertz CT molecular complexity index is 766. The van der Waals surface area contributed by atoms with E-state index in [9.17, 15) is 4.79 Å². The third-order valence-electron chi connectivity index (χ3n) is 6.10. The van der Waals surface area contributed by atoms with E-state index in [1.165, 1.54) is 50.9 Å². The monoisotopic (exact) mass is 436 g/mol. The van der Waals surface area contributed by atoms with Crippen molar-refractivity contribution in [3.8, 4) is 11.1 Å². The van der Waals surface area contributed by atoms with Crippen LogP contribution in [0.1, 0.15) is 42.5 Å². The van der Waals surface area contributed by atoms with E-state index in [0.717, 1.165) is 30.3 Å². The Hall–Kier alpha value is -1.75. The SMILES string of the molecule is Cl.Cl.O=C(O)c1ccc(-c2ccc(N3CCN(C4CCCCC4)CC3)cc2)cc1. The molecule has 0 amide bonds. The summed E-state index contributed by atoms with van der Waals surface area (Å²) in [5.41, 5.74) is 3.78. The number of carbonyl (C=O) groups is 1. The van der Waals surface area contributed by atoms with Crippen LogP contribution in [-0.4, -0.2) is 48.2 Å². The molecule has 4 nitrogen and oxygen atoms in total. The van der Waals surface area contributed by atoms with E-state index in [-0.39, 0.29) is 24.8 Å². The van der Waals surface area contributed by atoms with Crippen molar-refractivity contribution in [2.75, 3.05) is 31.1 Å². The molecule has 2 aromatic carbocycles. The molecule has 2 fully saturated rings. The molecule has 4 rings (SSSR count). The summed E-state index contributed by atoms with van der Waals surface area (Å²) in [5.74, 6) is -0.885. The lowest BCUT2D eigenvalue weighted by molar-refractivity contribution is 0.0697. The highest BCUT2D eigenvalue weighted by Gasteiger charge is 2.25. The topological polar surface area (TPSA) is 43.8 Å². The highest BCUT2D eigenvalue weighted by molar-refractivity contribution is 5.88. The minimum absolute atomic E-state index is 0. The summed E-state index contributed by atoms with van der Waals surface area (Å²) in [4.78, 5) is 16.2. The van der Waals surface area contributed by atoms with Crippen molar-refractivity contribution in [1.82, 2.24) is 4.90 Å². The summed E-state index contributed by atoms with van der Waals surface area (Å²) < 4.78 is 0. The van der Waals surface area contributed by atoms with Crippen LogP contribution in [0.25, 0.3) is 11.1 Å². The molecule has 1 saturated heterocycles. The summed E-state index contributed by atoms with van der Waals surface area (Å²) in [5, 5.41) is 9.02. The second-order valence-corrected chi connectivity index (χ2v) is 7.74. The predicted octanol–water partition coefficient (Wildman–Crippen LogP) is 5.35. The van der Waals surface area contributed by atoms with Crippen molar-refractivity contribution in [3.05, 3.63) is 54.1 Å². The number of halogens is 2. The Labute approximate surface area is 185 Å². The van der Waals surface area contributed by atoms with Crippen LogP contribution in [0.3, 0.4) is 0 Å². The fraction of sp³-hybridized carbons (Fsp3) is 0.435. The third-order valence-corrected chi connectivity index (χ3v) is 6.10. The van der Waals surface area contributed by atoms with Crippen molar-refractivity contribution >= 4 is 36.5 Å². The molecule has 1 N–H and O–H groups in total. The average Bonchev–Trinajstić information content (AvgIpc) is 2.75. The molecule has 29 heavy (non-hydrogen) atoms. The average molecular weight is 437 g/mol. The maximum atomic E-state index is 11.0. The van der Waals surface area contributed by atoms with Gasteiger partial charge in [0, 0.05) is 37.9 Å². The van der Waals surface area contributed by atoms with E-state index in [1.54, 1.807) is 12.1 Å². The lowest BCUT2D eigenvalue weighted by Gasteiger charge is -2.41. The third kappa shape index (κ3) is 5.65. The lowest BCUT2D eigenvalue weighted by atomic mass is 9.94. The fourth-order valence-electron chi connectivity index (χ4n) is 4.46. The van der Waals surface area contributed by atoms with Gasteiger partial charge in [-0.25, -0.2) is 4.79 Å². The Kier molecular flexibility index (Phi) is 8.81. The molecule has 0 atom stereocenters. The molecule has 0 bridgehead atoms. The first-order chi connectivity index (χ1) is 13.2. The highest BCUT2D eigenvalue weighted by Crippen LogP contribution is 2.27. The van der Waals surface area contributed by atoms with Crippen LogP contribution in [-0.2, 0) is 0 Å². The van der Waals surface area contributed by atoms with Crippen LogP contribution in [0.4, 0.5) is 5.69 Å². The molecule has 1 saturated carbocycles. The van der Waals surface area contributed by atoms with E-state index in [1.807, 2.05) is 12.1 Å². The first kappa shape index (κ1) is 23.5. The molecule has 158 valence electrons. The van der Waals surface area contributed by atoms with Gasteiger partial charge in [-0.1, -0.05) is 43.5 Å². The van der Waals surface area contributed by atoms with Gasteiger partial charge in [-0.2, -0.15) is 0 Å². The van der Waals surface area contributed by atoms with Crippen molar-refractivity contribution in [2.24, 2.45) is 0 Å². The molecule has 2 aromatic rings. The molecule has 6 heteroatoms. The Morgan fingerprint density at radius 2 is 1.28 bits per heavy atom. The van der Waals surface area contributed by atoms with Crippen LogP contribution in [0, 0.1) is 0 Å². The number of rotatable bonds is 4. The number of piperazine rings is 1. The Morgan fingerprint density at radius 3 is 1.79 bits per heavy atom. The van der Waals surface area contributed by atoms with Crippen LogP contribution in [0.5, 0.6) is 0 Å². The molecular weight excluding hydrogens is 407 g/mol. The van der Waals surface area contributed by atoms with Crippen molar-refractivity contribution in [1.29, 1.82) is 0 Å². The molecule has 0 spiro atoms. The summed E-state index contributed by atoms with van der Waals surface area (Å²) in [6.45, 7) is 4.54. The molecule has 1 aliphatic heterocycles. The van der Waals surface area contributed by atoms with Gasteiger partial charge >= 0.3 is 5.97 Å². The number of aromatic carboxylic acids is 1. The minimum atomic E-state index is -0.885. The maximum Gasteiger partial charge on any atom is 0.335 e. The number of anilines is 1. The first-order valence-corrected chi connectivity index (χ1v) is 10.1. The number of benzene rings is 2. The molecular formula is C23H30Cl2N2O2. The van der Waals surface area contributed by atoms with E-state index < -0.39 is 5.97 Å². The van der Waals surface area contributed by atoms with Crippen molar-refractivity contribution in [2.45, 2.75) is 38.1 Å². The smallest absolute Gasteiger partial charge is 0.335 e. The molecule has 2 aliphatic rings. The van der Waals surface area contributed by atoms with Gasteiger partial charge in [0.2, 0.25) is 0 Å². The lowest BCUT2D eigenvalue weighted by Crippen LogP contribution is -2.50. The minimum Gasteiger partial charge on any atom is -0.478 e. The van der Waals surface area contributed by atoms with E-state index in [0.29, 0.717) is 5.56 Å². The van der Waals surface area contributed by atoms with Gasteiger partial charge in [-0.05, 0) is 48.2 Å². The maximum absolute atomic E-state index is 11.0. The van der Waals surface area contributed by atoms with Crippen LogP contribution in [0.2, 0.25) is 0 Å². The summed E-state index contributed by atoms with van der Waals surface area (Å²) >= 11 is 0. The number of carboxylic acids is 1. The summed E-state index contributed by atoms with van der Waals surface area (Å²) in [6.07, 6.45) is 6.99. The summed E-state index contributed by atoms with van der Waals surface area (Å²) in [6, 6.07) is 16.6. The van der Waals surface area contributed by atoms with Crippen LogP contribution >= 0.6 is 24.8 Å². The van der Waals surface area contributed by atoms with E-state index >= 15 is 0 Å². The van der Waals surface area contributed by atoms with Gasteiger partial charge in [0.1, 0.15) is 0 Å². The Morgan fingerprint density at radius 1 is 0.759 bits per heavy atom. The standard InChI is InChI=1S/C23H28N2O2.2ClH/c26-23(27)20-8-6-18(7-9-20)19-10-12-22(13-11-19)25-16-14-24(15-17-25)21-4-2-1-3-5-21;;/h6-13,21H,1-5,14-17H2,(H,26,27);2*1H. The Balaban J connectivity index is 0.00000150. The first-order valence-electron chi connectivity index (χ1n) is 10.1. The zero-order valence-corrected chi connectivity index (χ0v) is 18.3. The molecule has 0 radical (unpaired) electrons. The fourth-order valence-corrected chi connectivity index (χ4v) is 4.46. The van der Waals surface area contributed by atoms with Gasteiger partial charge < -0.3 is 10.0 Å². The van der Waals surface area contributed by atoms with Crippen molar-refractivity contribution in [3.63, 3.8) is 0 Å². The molecule has 1 heterocycles. The zero-order chi connectivity index (χ0) is 18.6. The van der Waals surface area contributed by atoms with Gasteiger partial charge in [-0.3, -0.25) is 4.90 Å². The quantitative estimate of drug-likeness (QED) is 0.701. The highest BCUT2D eigenvalue weighted by atomic mass is 35.5. The number of hydrogen-bond acceptors (Lipinski definition) is 3. The normalized spacial score (nSPS) is 17.9. The van der Waals surface area contributed by atoms with Gasteiger partial charge in [-0.15, -0.1) is 24.8 Å². The van der Waals surface area contributed by atoms with E-state index in [4.69, 9.17) is 5.11 Å². The van der Waals surface area contributed by atoms with Gasteiger partial charge in [0.25, 0.3) is 0 Å². The predicted molar refractivity (Wildman–Crippen MR) is 124 cm³/mol.